The summed E-state index contributed by atoms with van der Waals surface area (Å²) < 4.78 is 28.3. The first-order chi connectivity index (χ1) is 13.6. The Morgan fingerprint density at radius 1 is 1.03 bits per heavy atom. The highest BCUT2D eigenvalue weighted by molar-refractivity contribution is 7.89. The Hall–Kier alpha value is -2.38. The van der Waals surface area contributed by atoms with Crippen molar-refractivity contribution >= 4 is 16.0 Å². The third-order valence-corrected chi connectivity index (χ3v) is 5.97. The van der Waals surface area contributed by atoms with Crippen molar-refractivity contribution in [2.75, 3.05) is 6.54 Å². The summed E-state index contributed by atoms with van der Waals surface area (Å²) in [5.74, 6) is 0.639. The minimum absolute atomic E-state index is 0.0653. The summed E-state index contributed by atoms with van der Waals surface area (Å²) in [4.78, 5) is 4.88. The van der Waals surface area contributed by atoms with Crippen molar-refractivity contribution in [2.24, 2.45) is 4.99 Å². The van der Waals surface area contributed by atoms with Gasteiger partial charge in [0, 0.05) is 12.1 Å². The third-order valence-electron chi connectivity index (χ3n) is 4.11. The summed E-state index contributed by atoms with van der Waals surface area (Å²) in [5, 5.41) is 6.60. The van der Waals surface area contributed by atoms with Gasteiger partial charge in [0.05, 0.1) is 17.5 Å². The molecule has 1 atom stereocenters. The number of nitrogens with one attached hydrogen (secondary N) is 3. The SMILES string of the molecule is CCNC(=NCc1ccccc1S(=O)(=O)NC(C)(C)C)NC(C)c1ccccc1. The fourth-order valence-corrected chi connectivity index (χ4v) is 4.52. The molecule has 0 amide bonds. The summed E-state index contributed by atoms with van der Waals surface area (Å²) in [6.07, 6.45) is 0. The second-order valence-corrected chi connectivity index (χ2v) is 9.59. The van der Waals surface area contributed by atoms with Crippen molar-refractivity contribution in [2.45, 2.75) is 57.6 Å². The number of aliphatic imine (C=N–C) groups is 1. The van der Waals surface area contributed by atoms with Crippen LogP contribution in [0.5, 0.6) is 0 Å². The molecule has 3 N–H and O–H groups in total. The Morgan fingerprint density at radius 2 is 1.66 bits per heavy atom. The average molecular weight is 417 g/mol. The molecule has 0 aliphatic carbocycles. The number of guanidine groups is 1. The molecule has 0 saturated heterocycles. The van der Waals surface area contributed by atoms with E-state index >= 15 is 0 Å². The standard InChI is InChI=1S/C22H32N4O2S/c1-6-23-21(25-17(2)18-12-8-7-9-13-18)24-16-19-14-10-11-15-20(19)29(27,28)26-22(3,4)5/h7-15,17,26H,6,16H2,1-5H3,(H2,23,24,25). The van der Waals surface area contributed by atoms with Crippen molar-refractivity contribution < 1.29 is 8.42 Å². The lowest BCUT2D eigenvalue weighted by atomic mass is 10.1. The second-order valence-electron chi connectivity index (χ2n) is 7.94. The van der Waals surface area contributed by atoms with Crippen LogP contribution in [0.2, 0.25) is 0 Å². The zero-order chi connectivity index (χ0) is 21.5. The van der Waals surface area contributed by atoms with Gasteiger partial charge >= 0.3 is 0 Å². The molecule has 0 aromatic heterocycles. The van der Waals surface area contributed by atoms with E-state index in [0.29, 0.717) is 18.1 Å². The highest BCUT2D eigenvalue weighted by atomic mass is 32.2. The Kier molecular flexibility index (Phi) is 7.81. The largest absolute Gasteiger partial charge is 0.357 e. The van der Waals surface area contributed by atoms with Crippen LogP contribution in [0.15, 0.2) is 64.5 Å². The Labute approximate surface area is 174 Å². The summed E-state index contributed by atoms with van der Waals surface area (Å²) in [6, 6.07) is 17.1. The lowest BCUT2D eigenvalue weighted by Crippen LogP contribution is -2.41. The van der Waals surface area contributed by atoms with Gasteiger partial charge in [-0.25, -0.2) is 18.1 Å². The summed E-state index contributed by atoms with van der Waals surface area (Å²) in [7, 11) is -3.63. The summed E-state index contributed by atoms with van der Waals surface area (Å²) >= 11 is 0. The van der Waals surface area contributed by atoms with E-state index in [0.717, 1.165) is 5.56 Å². The van der Waals surface area contributed by atoms with E-state index in [1.165, 1.54) is 0 Å². The molecule has 7 heteroatoms. The smallest absolute Gasteiger partial charge is 0.241 e. The number of hydrogen-bond acceptors (Lipinski definition) is 3. The van der Waals surface area contributed by atoms with Gasteiger partial charge < -0.3 is 10.6 Å². The van der Waals surface area contributed by atoms with Crippen LogP contribution in [0.4, 0.5) is 0 Å². The topological polar surface area (TPSA) is 82.6 Å². The maximum Gasteiger partial charge on any atom is 0.241 e. The first-order valence-corrected chi connectivity index (χ1v) is 11.3. The third kappa shape index (κ3) is 7.18. The normalized spacial score (nSPS) is 13.8. The Balaban J connectivity index is 2.23. The van der Waals surface area contributed by atoms with E-state index in [4.69, 9.17) is 0 Å². The van der Waals surface area contributed by atoms with Crippen molar-refractivity contribution in [3.05, 3.63) is 65.7 Å². The number of nitrogens with zero attached hydrogens (tertiary/aromatic N) is 1. The lowest BCUT2D eigenvalue weighted by Gasteiger charge is -2.21. The zero-order valence-corrected chi connectivity index (χ0v) is 18.7. The van der Waals surface area contributed by atoms with E-state index < -0.39 is 15.6 Å². The van der Waals surface area contributed by atoms with Gasteiger partial charge in [-0.05, 0) is 51.8 Å². The molecule has 0 bridgehead atoms. The first kappa shape index (κ1) is 22.9. The van der Waals surface area contributed by atoms with Gasteiger partial charge in [0.25, 0.3) is 0 Å². The van der Waals surface area contributed by atoms with Crippen molar-refractivity contribution in [3.8, 4) is 0 Å². The maximum absolute atomic E-state index is 12.8. The maximum atomic E-state index is 12.8. The fourth-order valence-electron chi connectivity index (χ4n) is 2.87. The lowest BCUT2D eigenvalue weighted by molar-refractivity contribution is 0.491. The molecule has 29 heavy (non-hydrogen) atoms. The van der Waals surface area contributed by atoms with Gasteiger partial charge in [-0.1, -0.05) is 48.5 Å². The highest BCUT2D eigenvalue weighted by Gasteiger charge is 2.24. The molecule has 1 unspecified atom stereocenters. The minimum atomic E-state index is -3.63. The van der Waals surface area contributed by atoms with Crippen LogP contribution in [-0.2, 0) is 16.6 Å². The second kappa shape index (κ2) is 9.89. The predicted octanol–water partition coefficient (Wildman–Crippen LogP) is 3.58. The molecule has 0 saturated carbocycles. The van der Waals surface area contributed by atoms with Gasteiger partial charge in [0.2, 0.25) is 10.0 Å². The Bertz CT molecular complexity index is 919. The molecule has 158 valence electrons. The summed E-state index contributed by atoms with van der Waals surface area (Å²) in [5.41, 5.74) is 1.24. The molecule has 0 aliphatic heterocycles. The molecule has 0 radical (unpaired) electrons. The van der Waals surface area contributed by atoms with Crippen molar-refractivity contribution in [1.29, 1.82) is 0 Å². The number of sulfonamides is 1. The number of hydrogen-bond donors (Lipinski definition) is 3. The van der Waals surface area contributed by atoms with Crippen LogP contribution in [-0.4, -0.2) is 26.5 Å². The van der Waals surface area contributed by atoms with Crippen LogP contribution in [0.25, 0.3) is 0 Å². The van der Waals surface area contributed by atoms with Crippen molar-refractivity contribution in [1.82, 2.24) is 15.4 Å². The van der Waals surface area contributed by atoms with E-state index in [9.17, 15) is 8.42 Å². The number of rotatable bonds is 7. The van der Waals surface area contributed by atoms with Gasteiger partial charge in [-0.15, -0.1) is 0 Å². The molecule has 2 rings (SSSR count). The van der Waals surface area contributed by atoms with Crippen LogP contribution in [0.3, 0.4) is 0 Å². The zero-order valence-electron chi connectivity index (χ0n) is 17.9. The van der Waals surface area contributed by atoms with Crippen LogP contribution in [0, 0.1) is 0 Å². The molecular formula is C22H32N4O2S. The molecule has 0 aliphatic rings. The van der Waals surface area contributed by atoms with Crippen LogP contribution in [0.1, 0.15) is 51.8 Å². The number of benzene rings is 2. The fraction of sp³-hybridized carbons (Fsp3) is 0.409. The van der Waals surface area contributed by atoms with Gasteiger partial charge in [0.1, 0.15) is 0 Å². The van der Waals surface area contributed by atoms with E-state index in [1.807, 2.05) is 52.0 Å². The van der Waals surface area contributed by atoms with E-state index in [2.05, 4.69) is 39.4 Å². The molecule has 6 nitrogen and oxygen atoms in total. The highest BCUT2D eigenvalue weighted by Crippen LogP contribution is 2.19. The molecule has 0 heterocycles. The first-order valence-electron chi connectivity index (χ1n) is 9.84. The van der Waals surface area contributed by atoms with E-state index in [-0.39, 0.29) is 17.5 Å². The summed E-state index contributed by atoms with van der Waals surface area (Å²) in [6.45, 7) is 10.5. The molecule has 0 spiro atoms. The van der Waals surface area contributed by atoms with Gasteiger partial charge in [-0.3, -0.25) is 0 Å². The quantitative estimate of drug-likeness (QED) is 0.476. The van der Waals surface area contributed by atoms with Gasteiger partial charge in [0.15, 0.2) is 5.96 Å². The van der Waals surface area contributed by atoms with Gasteiger partial charge in [-0.2, -0.15) is 0 Å². The van der Waals surface area contributed by atoms with Crippen LogP contribution < -0.4 is 15.4 Å². The average Bonchev–Trinajstić information content (AvgIpc) is 2.65. The monoisotopic (exact) mass is 416 g/mol. The molecule has 2 aromatic carbocycles. The molecular weight excluding hydrogens is 384 g/mol. The van der Waals surface area contributed by atoms with E-state index in [1.54, 1.807) is 18.2 Å². The Morgan fingerprint density at radius 3 is 2.28 bits per heavy atom. The molecule has 2 aromatic rings. The minimum Gasteiger partial charge on any atom is -0.357 e. The predicted molar refractivity (Wildman–Crippen MR) is 119 cm³/mol. The molecule has 0 fully saturated rings. The van der Waals surface area contributed by atoms with Crippen molar-refractivity contribution in [3.63, 3.8) is 0 Å². The van der Waals surface area contributed by atoms with Crippen LogP contribution >= 0.6 is 0 Å².